The third-order valence-electron chi connectivity index (χ3n) is 3.85. The molecule has 0 bridgehead atoms. The Hall–Kier alpha value is -1.42. The quantitative estimate of drug-likeness (QED) is 0.775. The summed E-state index contributed by atoms with van der Waals surface area (Å²) in [5.41, 5.74) is 1.96. The minimum Gasteiger partial charge on any atom is -0.370 e. The van der Waals surface area contributed by atoms with Crippen LogP contribution in [0.4, 0.5) is 11.4 Å². The topological polar surface area (TPSA) is 32.3 Å². The van der Waals surface area contributed by atoms with Gasteiger partial charge in [-0.25, -0.2) is 0 Å². The van der Waals surface area contributed by atoms with Gasteiger partial charge in [0.1, 0.15) is 0 Å². The van der Waals surface area contributed by atoms with Gasteiger partial charge in [-0.05, 0) is 43.2 Å². The van der Waals surface area contributed by atoms with E-state index in [1.807, 2.05) is 12.1 Å². The first kappa shape index (κ1) is 16.4. The Morgan fingerprint density at radius 3 is 2.43 bits per heavy atom. The van der Waals surface area contributed by atoms with Crippen LogP contribution in [0.3, 0.4) is 0 Å². The standard InChI is InChI=1S/C17H15Cl3N2O/c18-13-5-3-4-12(16(13)20)17(23)21-11-6-7-15(14(19)10-11)22-8-1-2-9-22/h3-7,10H,1-2,8-9H2,(H,21,23). The van der Waals surface area contributed by atoms with E-state index in [0.29, 0.717) is 21.3 Å². The molecule has 2 aromatic rings. The molecule has 0 aromatic heterocycles. The Labute approximate surface area is 150 Å². The van der Waals surface area contributed by atoms with E-state index >= 15 is 0 Å². The van der Waals surface area contributed by atoms with E-state index < -0.39 is 0 Å². The molecule has 0 radical (unpaired) electrons. The predicted octanol–water partition coefficient (Wildman–Crippen LogP) is 5.50. The van der Waals surface area contributed by atoms with Crippen LogP contribution in [0.15, 0.2) is 36.4 Å². The number of hydrogen-bond donors (Lipinski definition) is 1. The number of amides is 1. The lowest BCUT2D eigenvalue weighted by Crippen LogP contribution is -2.18. The Morgan fingerprint density at radius 1 is 1.00 bits per heavy atom. The van der Waals surface area contributed by atoms with Crippen molar-refractivity contribution in [1.29, 1.82) is 0 Å². The van der Waals surface area contributed by atoms with Crippen molar-refractivity contribution in [3.8, 4) is 0 Å². The van der Waals surface area contributed by atoms with Gasteiger partial charge in [0.2, 0.25) is 0 Å². The maximum absolute atomic E-state index is 12.3. The van der Waals surface area contributed by atoms with Crippen LogP contribution in [0.2, 0.25) is 15.1 Å². The Morgan fingerprint density at radius 2 is 1.74 bits per heavy atom. The third kappa shape index (κ3) is 3.57. The summed E-state index contributed by atoms with van der Waals surface area (Å²) in [6.45, 7) is 2.03. The van der Waals surface area contributed by atoms with Gasteiger partial charge < -0.3 is 10.2 Å². The molecule has 1 heterocycles. The van der Waals surface area contributed by atoms with Crippen LogP contribution in [0.1, 0.15) is 23.2 Å². The average molecular weight is 370 g/mol. The van der Waals surface area contributed by atoms with E-state index in [1.165, 1.54) is 12.8 Å². The molecule has 1 N–H and O–H groups in total. The van der Waals surface area contributed by atoms with E-state index in [0.717, 1.165) is 18.8 Å². The first-order valence-electron chi connectivity index (χ1n) is 7.36. The van der Waals surface area contributed by atoms with Crippen molar-refractivity contribution in [1.82, 2.24) is 0 Å². The number of anilines is 2. The van der Waals surface area contributed by atoms with E-state index in [9.17, 15) is 4.79 Å². The Bertz CT molecular complexity index is 743. The van der Waals surface area contributed by atoms with Gasteiger partial charge in [0.05, 0.1) is 26.3 Å². The highest BCUT2D eigenvalue weighted by Gasteiger charge is 2.17. The smallest absolute Gasteiger partial charge is 0.257 e. The van der Waals surface area contributed by atoms with E-state index in [4.69, 9.17) is 34.8 Å². The molecule has 1 fully saturated rings. The molecular formula is C17H15Cl3N2O. The normalized spacial score (nSPS) is 14.1. The average Bonchev–Trinajstić information content (AvgIpc) is 3.04. The lowest BCUT2D eigenvalue weighted by atomic mass is 10.2. The highest BCUT2D eigenvalue weighted by atomic mass is 35.5. The van der Waals surface area contributed by atoms with E-state index in [1.54, 1.807) is 24.3 Å². The largest absolute Gasteiger partial charge is 0.370 e. The second-order valence-corrected chi connectivity index (χ2v) is 6.61. The van der Waals surface area contributed by atoms with Gasteiger partial charge >= 0.3 is 0 Å². The Kier molecular flexibility index (Phi) is 5.00. The number of carbonyl (C=O) groups excluding carboxylic acids is 1. The molecule has 1 amide bonds. The van der Waals surface area contributed by atoms with Crippen LogP contribution in [-0.2, 0) is 0 Å². The molecule has 6 heteroatoms. The molecule has 0 saturated carbocycles. The fraction of sp³-hybridized carbons (Fsp3) is 0.235. The monoisotopic (exact) mass is 368 g/mol. The lowest BCUT2D eigenvalue weighted by molar-refractivity contribution is 0.102. The maximum Gasteiger partial charge on any atom is 0.257 e. The summed E-state index contributed by atoms with van der Waals surface area (Å²) in [5.74, 6) is -0.317. The fourth-order valence-corrected chi connectivity index (χ4v) is 3.36. The van der Waals surface area contributed by atoms with Gasteiger partial charge in [-0.3, -0.25) is 4.79 Å². The van der Waals surface area contributed by atoms with Crippen molar-refractivity contribution in [3.63, 3.8) is 0 Å². The summed E-state index contributed by atoms with van der Waals surface area (Å²) in [6.07, 6.45) is 2.37. The summed E-state index contributed by atoms with van der Waals surface area (Å²) in [6, 6.07) is 10.5. The number of benzene rings is 2. The van der Waals surface area contributed by atoms with Crippen LogP contribution in [0, 0.1) is 0 Å². The number of nitrogens with one attached hydrogen (secondary N) is 1. The minimum atomic E-state index is -0.317. The molecule has 2 aromatic carbocycles. The van der Waals surface area contributed by atoms with Crippen molar-refractivity contribution in [2.75, 3.05) is 23.3 Å². The van der Waals surface area contributed by atoms with Gasteiger partial charge in [0.25, 0.3) is 5.91 Å². The van der Waals surface area contributed by atoms with Gasteiger partial charge in [-0.1, -0.05) is 40.9 Å². The number of rotatable bonds is 3. The second-order valence-electron chi connectivity index (χ2n) is 5.42. The maximum atomic E-state index is 12.3. The Balaban J connectivity index is 1.79. The SMILES string of the molecule is O=C(Nc1ccc(N2CCCC2)c(Cl)c1)c1cccc(Cl)c1Cl. The molecule has 0 atom stereocenters. The predicted molar refractivity (Wildman–Crippen MR) is 97.3 cm³/mol. The molecule has 1 saturated heterocycles. The summed E-state index contributed by atoms with van der Waals surface area (Å²) in [7, 11) is 0. The van der Waals surface area contributed by atoms with Crippen molar-refractivity contribution >= 4 is 52.1 Å². The number of nitrogens with zero attached hydrogens (tertiary/aromatic N) is 1. The van der Waals surface area contributed by atoms with E-state index in [2.05, 4.69) is 10.2 Å². The molecule has 1 aliphatic heterocycles. The van der Waals surface area contributed by atoms with Gasteiger partial charge in [-0.15, -0.1) is 0 Å². The molecule has 0 unspecified atom stereocenters. The molecule has 0 aliphatic carbocycles. The molecular weight excluding hydrogens is 355 g/mol. The third-order valence-corrected chi connectivity index (χ3v) is 4.97. The zero-order chi connectivity index (χ0) is 16.4. The minimum absolute atomic E-state index is 0.242. The van der Waals surface area contributed by atoms with Crippen LogP contribution in [0.5, 0.6) is 0 Å². The highest BCUT2D eigenvalue weighted by molar-refractivity contribution is 6.44. The van der Waals surface area contributed by atoms with Crippen LogP contribution < -0.4 is 10.2 Å². The molecule has 0 spiro atoms. The first-order chi connectivity index (χ1) is 11.1. The molecule has 23 heavy (non-hydrogen) atoms. The van der Waals surface area contributed by atoms with Crippen molar-refractivity contribution in [2.45, 2.75) is 12.8 Å². The molecule has 1 aliphatic rings. The first-order valence-corrected chi connectivity index (χ1v) is 8.49. The van der Waals surface area contributed by atoms with Crippen LogP contribution in [0.25, 0.3) is 0 Å². The van der Waals surface area contributed by atoms with Crippen molar-refractivity contribution < 1.29 is 4.79 Å². The van der Waals surface area contributed by atoms with Gasteiger partial charge in [0.15, 0.2) is 0 Å². The van der Waals surface area contributed by atoms with Gasteiger partial charge in [0, 0.05) is 18.8 Å². The molecule has 3 nitrogen and oxygen atoms in total. The van der Waals surface area contributed by atoms with Crippen molar-refractivity contribution in [3.05, 3.63) is 57.0 Å². The summed E-state index contributed by atoms with van der Waals surface area (Å²) in [4.78, 5) is 14.6. The lowest BCUT2D eigenvalue weighted by Gasteiger charge is -2.19. The zero-order valence-corrected chi connectivity index (χ0v) is 14.5. The molecule has 120 valence electrons. The number of halogens is 3. The fourth-order valence-electron chi connectivity index (χ4n) is 2.68. The summed E-state index contributed by atoms with van der Waals surface area (Å²) < 4.78 is 0. The van der Waals surface area contributed by atoms with Crippen LogP contribution >= 0.6 is 34.8 Å². The summed E-state index contributed by atoms with van der Waals surface area (Å²) in [5, 5.41) is 4.02. The number of carbonyl (C=O) groups is 1. The highest BCUT2D eigenvalue weighted by Crippen LogP contribution is 2.32. The van der Waals surface area contributed by atoms with Gasteiger partial charge in [-0.2, -0.15) is 0 Å². The zero-order valence-electron chi connectivity index (χ0n) is 12.3. The van der Waals surface area contributed by atoms with Crippen LogP contribution in [-0.4, -0.2) is 19.0 Å². The number of hydrogen-bond acceptors (Lipinski definition) is 2. The van der Waals surface area contributed by atoms with Crippen molar-refractivity contribution in [2.24, 2.45) is 0 Å². The van der Waals surface area contributed by atoms with E-state index in [-0.39, 0.29) is 10.9 Å². The second kappa shape index (κ2) is 7.00. The molecule has 3 rings (SSSR count). The summed E-state index contributed by atoms with van der Waals surface area (Å²) >= 11 is 18.4.